The van der Waals surface area contributed by atoms with Crippen LogP contribution in [0.4, 0.5) is 4.39 Å². The molecule has 1 aliphatic rings. The lowest BCUT2D eigenvalue weighted by Gasteiger charge is -2.27. The third-order valence-electron chi connectivity index (χ3n) is 4.84. The lowest BCUT2D eigenvalue weighted by molar-refractivity contribution is 0.376. The highest BCUT2D eigenvalue weighted by Gasteiger charge is 2.32. The van der Waals surface area contributed by atoms with Crippen LogP contribution in [0.1, 0.15) is 16.8 Å². The van der Waals surface area contributed by atoms with Gasteiger partial charge in [-0.1, -0.05) is 6.07 Å². The summed E-state index contributed by atoms with van der Waals surface area (Å²) in [5.74, 6) is 0.0407. The van der Waals surface area contributed by atoms with Crippen molar-refractivity contribution in [2.45, 2.75) is 24.8 Å². The van der Waals surface area contributed by atoms with E-state index >= 15 is 0 Å². The van der Waals surface area contributed by atoms with E-state index in [0.717, 1.165) is 27.7 Å². The van der Waals surface area contributed by atoms with Crippen molar-refractivity contribution in [1.82, 2.24) is 9.29 Å². The van der Waals surface area contributed by atoms with E-state index < -0.39 is 10.0 Å². The zero-order chi connectivity index (χ0) is 18.5. The van der Waals surface area contributed by atoms with Crippen LogP contribution in [0.25, 0.3) is 10.9 Å². The van der Waals surface area contributed by atoms with Gasteiger partial charge in [-0.25, -0.2) is 12.8 Å². The van der Waals surface area contributed by atoms with Crippen LogP contribution in [-0.2, 0) is 23.0 Å². The maximum absolute atomic E-state index is 13.6. The molecule has 1 N–H and O–H groups in total. The summed E-state index contributed by atoms with van der Waals surface area (Å²) in [6.07, 6.45) is 0.534. The largest absolute Gasteiger partial charge is 0.495 e. The summed E-state index contributed by atoms with van der Waals surface area (Å²) in [5.41, 5.74) is 3.47. The van der Waals surface area contributed by atoms with Crippen molar-refractivity contribution in [2.24, 2.45) is 0 Å². The Morgan fingerprint density at radius 3 is 2.77 bits per heavy atom. The van der Waals surface area contributed by atoms with E-state index in [1.165, 1.54) is 23.5 Å². The van der Waals surface area contributed by atoms with Gasteiger partial charge in [0, 0.05) is 23.1 Å². The molecule has 1 aromatic heterocycles. The van der Waals surface area contributed by atoms with Gasteiger partial charge in [0.15, 0.2) is 0 Å². The molecule has 0 bridgehead atoms. The van der Waals surface area contributed by atoms with Gasteiger partial charge in [-0.2, -0.15) is 4.31 Å². The minimum Gasteiger partial charge on any atom is -0.495 e. The average Bonchev–Trinajstić information content (AvgIpc) is 2.98. The molecule has 3 aromatic rings. The quantitative estimate of drug-likeness (QED) is 0.765. The topological polar surface area (TPSA) is 62.4 Å². The first kappa shape index (κ1) is 17.1. The average molecular weight is 374 g/mol. The maximum atomic E-state index is 13.6. The Labute approximate surface area is 151 Å². The number of nitrogens with one attached hydrogen (secondary N) is 1. The van der Waals surface area contributed by atoms with E-state index in [0.29, 0.717) is 18.7 Å². The second kappa shape index (κ2) is 6.10. The molecule has 2 heterocycles. The number of rotatable bonds is 3. The van der Waals surface area contributed by atoms with E-state index in [-0.39, 0.29) is 17.3 Å². The van der Waals surface area contributed by atoms with E-state index in [4.69, 9.17) is 4.74 Å². The molecule has 0 fully saturated rings. The Bertz CT molecular complexity index is 1110. The molecule has 0 unspecified atom stereocenters. The monoisotopic (exact) mass is 374 g/mol. The molecular weight excluding hydrogens is 355 g/mol. The van der Waals surface area contributed by atoms with E-state index in [1.54, 1.807) is 18.2 Å². The van der Waals surface area contributed by atoms with Crippen LogP contribution in [0.3, 0.4) is 0 Å². The molecule has 26 heavy (non-hydrogen) atoms. The summed E-state index contributed by atoms with van der Waals surface area (Å²) in [5, 5.41) is 0.824. The number of ether oxygens (including phenoxy) is 1. The molecular formula is C19H19FN2O3S. The van der Waals surface area contributed by atoms with Crippen molar-refractivity contribution in [3.05, 3.63) is 59.0 Å². The zero-order valence-corrected chi connectivity index (χ0v) is 15.4. The number of aryl methyl sites for hydroxylation is 1. The van der Waals surface area contributed by atoms with Gasteiger partial charge in [0.25, 0.3) is 0 Å². The summed E-state index contributed by atoms with van der Waals surface area (Å²) in [7, 11) is -2.24. The first-order valence-electron chi connectivity index (χ1n) is 8.34. The minimum atomic E-state index is -3.70. The molecule has 0 radical (unpaired) electrons. The smallest absolute Gasteiger partial charge is 0.247 e. The third kappa shape index (κ3) is 2.68. The number of aromatic nitrogens is 1. The van der Waals surface area contributed by atoms with Gasteiger partial charge in [-0.05, 0) is 54.8 Å². The van der Waals surface area contributed by atoms with Crippen LogP contribution < -0.4 is 4.74 Å². The number of hydrogen-bond donors (Lipinski definition) is 1. The van der Waals surface area contributed by atoms with Gasteiger partial charge in [-0.15, -0.1) is 0 Å². The van der Waals surface area contributed by atoms with Crippen LogP contribution >= 0.6 is 0 Å². The van der Waals surface area contributed by atoms with Crippen LogP contribution in [0.2, 0.25) is 0 Å². The van der Waals surface area contributed by atoms with Crippen LogP contribution in [0, 0.1) is 12.7 Å². The molecule has 0 saturated carbocycles. The lowest BCUT2D eigenvalue weighted by atomic mass is 10.0. The number of nitrogens with zero attached hydrogens (tertiary/aromatic N) is 1. The third-order valence-corrected chi connectivity index (χ3v) is 6.71. The molecule has 0 aliphatic carbocycles. The van der Waals surface area contributed by atoms with Crippen molar-refractivity contribution in [3.63, 3.8) is 0 Å². The number of aromatic amines is 1. The Morgan fingerprint density at radius 2 is 2.00 bits per heavy atom. The molecule has 0 atom stereocenters. The number of methoxy groups -OCH3 is 1. The van der Waals surface area contributed by atoms with Crippen LogP contribution in [-0.4, -0.2) is 31.4 Å². The number of benzene rings is 2. The van der Waals surface area contributed by atoms with Gasteiger partial charge in [0.1, 0.15) is 16.5 Å². The lowest BCUT2D eigenvalue weighted by Crippen LogP contribution is -2.36. The molecule has 5 nitrogen and oxygen atoms in total. The molecule has 2 aromatic carbocycles. The molecule has 136 valence electrons. The number of halogens is 1. The van der Waals surface area contributed by atoms with Crippen molar-refractivity contribution in [3.8, 4) is 5.75 Å². The summed E-state index contributed by atoms with van der Waals surface area (Å²) < 4.78 is 46.6. The Kier molecular flexibility index (Phi) is 4.00. The van der Waals surface area contributed by atoms with E-state index in [9.17, 15) is 12.8 Å². The molecule has 4 rings (SSSR count). The number of hydrogen-bond acceptors (Lipinski definition) is 3. The fraction of sp³-hybridized carbons (Fsp3) is 0.263. The second-order valence-corrected chi connectivity index (χ2v) is 8.42. The highest BCUT2D eigenvalue weighted by atomic mass is 32.2. The van der Waals surface area contributed by atoms with Gasteiger partial charge in [0.2, 0.25) is 10.0 Å². The molecule has 7 heteroatoms. The van der Waals surface area contributed by atoms with E-state index in [2.05, 4.69) is 4.98 Å². The maximum Gasteiger partial charge on any atom is 0.247 e. The van der Waals surface area contributed by atoms with Gasteiger partial charge >= 0.3 is 0 Å². The molecule has 1 aliphatic heterocycles. The Hall–Kier alpha value is -2.38. The van der Waals surface area contributed by atoms with Crippen molar-refractivity contribution < 1.29 is 17.5 Å². The summed E-state index contributed by atoms with van der Waals surface area (Å²) >= 11 is 0. The number of fused-ring (bicyclic) bond motifs is 3. The fourth-order valence-electron chi connectivity index (χ4n) is 3.52. The molecule has 0 saturated heterocycles. The van der Waals surface area contributed by atoms with E-state index in [1.807, 2.05) is 13.0 Å². The second-order valence-electron chi connectivity index (χ2n) is 6.51. The van der Waals surface area contributed by atoms with Crippen LogP contribution in [0.15, 0.2) is 41.3 Å². The summed E-state index contributed by atoms with van der Waals surface area (Å²) in [6, 6.07) is 9.70. The van der Waals surface area contributed by atoms with Gasteiger partial charge in [-0.3, -0.25) is 0 Å². The highest BCUT2D eigenvalue weighted by Crippen LogP contribution is 2.33. The van der Waals surface area contributed by atoms with Crippen molar-refractivity contribution in [2.75, 3.05) is 13.7 Å². The zero-order valence-electron chi connectivity index (χ0n) is 14.5. The van der Waals surface area contributed by atoms with Gasteiger partial charge < -0.3 is 9.72 Å². The van der Waals surface area contributed by atoms with Crippen LogP contribution in [0.5, 0.6) is 5.75 Å². The predicted molar refractivity (Wildman–Crippen MR) is 97.3 cm³/mol. The normalized spacial score (nSPS) is 15.2. The fourth-order valence-corrected chi connectivity index (χ4v) is 5.17. The number of H-pyrrole nitrogens is 1. The first-order valence-corrected chi connectivity index (χ1v) is 9.78. The van der Waals surface area contributed by atoms with Crippen molar-refractivity contribution >= 4 is 20.9 Å². The summed E-state index contributed by atoms with van der Waals surface area (Å²) in [4.78, 5) is 3.40. The summed E-state index contributed by atoms with van der Waals surface area (Å²) in [6.45, 7) is 2.42. The predicted octanol–water partition coefficient (Wildman–Crippen LogP) is 3.37. The SMILES string of the molecule is COc1ccc(C)cc1S(=O)(=O)N1CCc2c([nH]c3ccc(F)cc23)C1. The molecule has 0 amide bonds. The Morgan fingerprint density at radius 1 is 1.19 bits per heavy atom. The molecule has 0 spiro atoms. The minimum absolute atomic E-state index is 0.172. The highest BCUT2D eigenvalue weighted by molar-refractivity contribution is 7.89. The standard InChI is InChI=1S/C19H19FN2O3S/c1-12-3-6-18(25-2)19(9-12)26(23,24)22-8-7-14-15-10-13(20)4-5-16(15)21-17(14)11-22/h3-6,9-10,21H,7-8,11H2,1-2H3. The first-order chi connectivity index (χ1) is 12.4. The number of sulfonamides is 1. The van der Waals surface area contributed by atoms with Crippen molar-refractivity contribution in [1.29, 1.82) is 0 Å². The van der Waals surface area contributed by atoms with Gasteiger partial charge in [0.05, 0.1) is 13.7 Å². The Balaban J connectivity index is 1.75.